The third kappa shape index (κ3) is 3.05. The van der Waals surface area contributed by atoms with Crippen molar-refractivity contribution < 1.29 is 18.3 Å². The smallest absolute Gasteiger partial charge is 0.338 e. The van der Waals surface area contributed by atoms with Crippen LogP contribution in [0.15, 0.2) is 24.3 Å². The number of nitrogens with zero attached hydrogens (tertiary/aromatic N) is 2. The van der Waals surface area contributed by atoms with Crippen molar-refractivity contribution in [2.24, 2.45) is 0 Å². The fraction of sp³-hybridized carbons (Fsp3) is 0.133. The van der Waals surface area contributed by atoms with Crippen LogP contribution < -0.4 is 0 Å². The van der Waals surface area contributed by atoms with Gasteiger partial charge in [0.2, 0.25) is 0 Å². The average molecular weight is 446 g/mol. The zero-order valence-electron chi connectivity index (χ0n) is 11.8. The molecule has 0 saturated heterocycles. The van der Waals surface area contributed by atoms with Crippen molar-refractivity contribution in [2.75, 3.05) is 7.11 Å². The van der Waals surface area contributed by atoms with Crippen LogP contribution in [0.1, 0.15) is 21.5 Å². The lowest BCUT2D eigenvalue weighted by Crippen LogP contribution is -2.09. The van der Waals surface area contributed by atoms with E-state index in [0.717, 1.165) is 15.1 Å². The average Bonchev–Trinajstić information content (AvgIpc) is 3.00. The number of rotatable bonds is 3. The topological polar surface area (TPSA) is 52.1 Å². The van der Waals surface area contributed by atoms with E-state index in [0.29, 0.717) is 4.70 Å². The number of ether oxygens (including phenoxy) is 1. The van der Waals surface area contributed by atoms with Gasteiger partial charge in [-0.1, -0.05) is 10.6 Å². The predicted molar refractivity (Wildman–Crippen MR) is 90.6 cm³/mol. The summed E-state index contributed by atoms with van der Waals surface area (Å²) in [7, 11) is 1.21. The number of aromatic nitrogens is 2. The molecule has 0 amide bonds. The fourth-order valence-corrected chi connectivity index (χ4v) is 3.30. The van der Waals surface area contributed by atoms with Gasteiger partial charge in [0.25, 0.3) is 0 Å². The van der Waals surface area contributed by atoms with Gasteiger partial charge in [0.15, 0.2) is 5.82 Å². The SMILES string of the molecule is COC(=O)c1cc2snnc2c(F)c1Cc1ccc(I)cc1F. The molecule has 1 aromatic heterocycles. The number of carbonyl (C=O) groups excluding carboxylic acids is 1. The monoisotopic (exact) mass is 446 g/mol. The van der Waals surface area contributed by atoms with Crippen LogP contribution in [-0.4, -0.2) is 22.7 Å². The Kier molecular flexibility index (Phi) is 4.53. The van der Waals surface area contributed by atoms with Crippen molar-refractivity contribution in [3.63, 3.8) is 0 Å². The summed E-state index contributed by atoms with van der Waals surface area (Å²) in [4.78, 5) is 12.0. The van der Waals surface area contributed by atoms with Crippen molar-refractivity contribution in [3.8, 4) is 0 Å². The Labute approximate surface area is 147 Å². The molecule has 0 bridgehead atoms. The number of fused-ring (bicyclic) bond motifs is 1. The second-order valence-electron chi connectivity index (χ2n) is 4.74. The molecule has 0 radical (unpaired) electrons. The van der Waals surface area contributed by atoms with E-state index in [1.807, 2.05) is 22.6 Å². The largest absolute Gasteiger partial charge is 0.465 e. The molecule has 0 unspecified atom stereocenters. The van der Waals surface area contributed by atoms with E-state index < -0.39 is 17.6 Å². The maximum Gasteiger partial charge on any atom is 0.338 e. The van der Waals surface area contributed by atoms with E-state index in [1.165, 1.54) is 19.2 Å². The third-order valence-corrected chi connectivity index (χ3v) is 4.72. The molecule has 0 N–H and O–H groups in total. The van der Waals surface area contributed by atoms with Crippen LogP contribution in [0.3, 0.4) is 0 Å². The summed E-state index contributed by atoms with van der Waals surface area (Å²) in [5, 5.41) is 3.73. The molecule has 23 heavy (non-hydrogen) atoms. The molecular weight excluding hydrogens is 437 g/mol. The summed E-state index contributed by atoms with van der Waals surface area (Å²) >= 11 is 2.97. The van der Waals surface area contributed by atoms with Gasteiger partial charge < -0.3 is 4.74 Å². The van der Waals surface area contributed by atoms with E-state index in [4.69, 9.17) is 4.74 Å². The quantitative estimate of drug-likeness (QED) is 0.452. The lowest BCUT2D eigenvalue weighted by Gasteiger charge is -2.10. The highest BCUT2D eigenvalue weighted by atomic mass is 127. The molecule has 3 rings (SSSR count). The van der Waals surface area contributed by atoms with Gasteiger partial charge in [-0.05, 0) is 57.9 Å². The highest BCUT2D eigenvalue weighted by Crippen LogP contribution is 2.28. The van der Waals surface area contributed by atoms with Crippen LogP contribution in [0.5, 0.6) is 0 Å². The van der Waals surface area contributed by atoms with Crippen molar-refractivity contribution in [3.05, 3.63) is 56.2 Å². The number of carbonyl (C=O) groups is 1. The van der Waals surface area contributed by atoms with Crippen LogP contribution in [0.4, 0.5) is 8.78 Å². The zero-order chi connectivity index (χ0) is 16.6. The minimum atomic E-state index is -0.680. The first-order chi connectivity index (χ1) is 11.0. The lowest BCUT2D eigenvalue weighted by molar-refractivity contribution is 0.0599. The summed E-state index contributed by atoms with van der Waals surface area (Å²) in [6, 6.07) is 6.13. The third-order valence-electron chi connectivity index (χ3n) is 3.37. The predicted octanol–water partition coefficient (Wildman–Crippen LogP) is 3.95. The Morgan fingerprint density at radius 1 is 1.35 bits per heavy atom. The maximum atomic E-state index is 14.7. The van der Waals surface area contributed by atoms with Crippen LogP contribution in [-0.2, 0) is 11.2 Å². The first-order valence-corrected chi connectivity index (χ1v) is 8.32. The van der Waals surface area contributed by atoms with E-state index >= 15 is 0 Å². The molecule has 2 aromatic carbocycles. The summed E-state index contributed by atoms with van der Waals surface area (Å²) in [6.45, 7) is 0. The minimum Gasteiger partial charge on any atom is -0.465 e. The first kappa shape index (κ1) is 16.2. The molecule has 0 spiro atoms. The number of hydrogen-bond acceptors (Lipinski definition) is 5. The molecule has 0 fully saturated rings. The van der Waals surface area contributed by atoms with Crippen molar-refractivity contribution >= 4 is 50.3 Å². The number of hydrogen-bond donors (Lipinski definition) is 0. The van der Waals surface area contributed by atoms with E-state index in [1.54, 1.807) is 12.1 Å². The van der Waals surface area contributed by atoms with E-state index in [2.05, 4.69) is 9.59 Å². The van der Waals surface area contributed by atoms with E-state index in [-0.39, 0.29) is 28.6 Å². The molecular formula is C15H9F2IN2O2S. The lowest BCUT2D eigenvalue weighted by atomic mass is 9.98. The Balaban J connectivity index is 2.17. The summed E-state index contributed by atoms with van der Waals surface area (Å²) in [5.41, 5.74) is 0.472. The van der Waals surface area contributed by atoms with Crippen molar-refractivity contribution in [2.45, 2.75) is 6.42 Å². The second kappa shape index (κ2) is 6.44. The highest BCUT2D eigenvalue weighted by molar-refractivity contribution is 14.1. The van der Waals surface area contributed by atoms with Crippen molar-refractivity contribution in [1.82, 2.24) is 9.59 Å². The molecule has 3 aromatic rings. The number of halogens is 3. The van der Waals surface area contributed by atoms with E-state index in [9.17, 15) is 13.6 Å². The number of methoxy groups -OCH3 is 1. The van der Waals surface area contributed by atoms with Crippen LogP contribution in [0.2, 0.25) is 0 Å². The highest BCUT2D eigenvalue weighted by Gasteiger charge is 2.22. The maximum absolute atomic E-state index is 14.7. The molecule has 0 saturated carbocycles. The molecule has 1 heterocycles. The van der Waals surface area contributed by atoms with Gasteiger partial charge in [-0.15, -0.1) is 5.10 Å². The normalized spacial score (nSPS) is 11.0. The molecule has 8 heteroatoms. The molecule has 0 aliphatic heterocycles. The van der Waals surface area contributed by atoms with Gasteiger partial charge in [0.1, 0.15) is 11.3 Å². The number of esters is 1. The molecule has 0 aliphatic carbocycles. The van der Waals surface area contributed by atoms with Crippen LogP contribution in [0.25, 0.3) is 10.2 Å². The van der Waals surface area contributed by atoms with Crippen molar-refractivity contribution in [1.29, 1.82) is 0 Å². The first-order valence-electron chi connectivity index (χ1n) is 6.47. The van der Waals surface area contributed by atoms with Gasteiger partial charge in [0, 0.05) is 15.6 Å². The number of benzene rings is 2. The Hall–Kier alpha value is -1.68. The standard InChI is InChI=1S/C15H9F2IN2O2S/c1-22-15(21)10-6-12-14(19-20-23-12)13(17)9(10)4-7-2-3-8(18)5-11(7)16/h2-3,5-6H,4H2,1H3. The van der Waals surface area contributed by atoms with Gasteiger partial charge >= 0.3 is 5.97 Å². The Morgan fingerprint density at radius 3 is 2.83 bits per heavy atom. The molecule has 0 aliphatic rings. The Bertz CT molecular complexity index is 914. The van der Waals surface area contributed by atoms with Gasteiger partial charge in [0.05, 0.1) is 17.4 Å². The summed E-state index contributed by atoms with van der Waals surface area (Å²) in [5.74, 6) is -1.81. The summed E-state index contributed by atoms with van der Waals surface area (Å²) < 4.78 is 38.4. The van der Waals surface area contributed by atoms with Crippen LogP contribution >= 0.6 is 34.1 Å². The van der Waals surface area contributed by atoms with Gasteiger partial charge in [-0.3, -0.25) is 0 Å². The fourth-order valence-electron chi connectivity index (χ4n) is 2.24. The molecule has 0 atom stereocenters. The van der Waals surface area contributed by atoms with Gasteiger partial charge in [-0.25, -0.2) is 13.6 Å². The van der Waals surface area contributed by atoms with Crippen LogP contribution in [0, 0.1) is 15.2 Å². The molecule has 118 valence electrons. The van der Waals surface area contributed by atoms with Gasteiger partial charge in [-0.2, -0.15) is 0 Å². The zero-order valence-corrected chi connectivity index (χ0v) is 14.7. The Morgan fingerprint density at radius 2 is 2.13 bits per heavy atom. The summed E-state index contributed by atoms with van der Waals surface area (Å²) in [6.07, 6.45) is -0.0769. The second-order valence-corrected chi connectivity index (χ2v) is 6.77. The molecule has 4 nitrogen and oxygen atoms in total. The minimum absolute atomic E-state index is 0.0529.